The first kappa shape index (κ1) is 13.5. The first-order valence-corrected chi connectivity index (χ1v) is 6.62. The second-order valence-corrected chi connectivity index (χ2v) is 4.77. The number of nitrogens with zero attached hydrogens (tertiary/aromatic N) is 3. The van der Waals surface area contributed by atoms with Gasteiger partial charge in [0.05, 0.1) is 17.7 Å². The summed E-state index contributed by atoms with van der Waals surface area (Å²) < 4.78 is 6.12. The zero-order valence-corrected chi connectivity index (χ0v) is 11.6. The Hall–Kier alpha value is -0.960. The number of aromatic nitrogens is 2. The third-order valence-corrected chi connectivity index (χ3v) is 3.28. The molecule has 0 atom stereocenters. The maximum atomic E-state index is 5.30. The molecule has 100 valence electrons. The largest absolute Gasteiger partial charge is 0.379 e. The van der Waals surface area contributed by atoms with Crippen molar-refractivity contribution in [1.29, 1.82) is 0 Å². The lowest BCUT2D eigenvalue weighted by molar-refractivity contribution is 0.0398. The fourth-order valence-electron chi connectivity index (χ4n) is 1.72. The summed E-state index contributed by atoms with van der Waals surface area (Å²) >= 11 is 3.40. The van der Waals surface area contributed by atoms with Gasteiger partial charge in [-0.3, -0.25) is 10.3 Å². The van der Waals surface area contributed by atoms with Crippen molar-refractivity contribution in [2.45, 2.75) is 0 Å². The van der Waals surface area contributed by atoms with Gasteiger partial charge in [0.15, 0.2) is 0 Å². The van der Waals surface area contributed by atoms with Crippen LogP contribution in [0.15, 0.2) is 10.7 Å². The van der Waals surface area contributed by atoms with E-state index in [2.05, 4.69) is 41.5 Å². The molecule has 0 radical (unpaired) electrons. The number of nitrogens with two attached hydrogens (primary N) is 1. The van der Waals surface area contributed by atoms with E-state index < -0.39 is 0 Å². The highest BCUT2D eigenvalue weighted by molar-refractivity contribution is 9.10. The van der Waals surface area contributed by atoms with Gasteiger partial charge in [-0.15, -0.1) is 0 Å². The number of anilines is 2. The lowest BCUT2D eigenvalue weighted by atomic mass is 10.4. The Morgan fingerprint density at radius 1 is 1.44 bits per heavy atom. The molecule has 7 nitrogen and oxygen atoms in total. The number of nitrogen functional groups attached to an aromatic ring is 1. The Morgan fingerprint density at radius 2 is 2.22 bits per heavy atom. The first-order valence-electron chi connectivity index (χ1n) is 5.82. The fraction of sp³-hybridized carbons (Fsp3) is 0.600. The quantitative estimate of drug-likeness (QED) is 0.530. The maximum absolute atomic E-state index is 5.30. The van der Waals surface area contributed by atoms with Crippen LogP contribution < -0.4 is 16.6 Å². The van der Waals surface area contributed by atoms with Crippen molar-refractivity contribution >= 4 is 27.7 Å². The maximum Gasteiger partial charge on any atom is 0.239 e. The number of hydrazine groups is 1. The zero-order valence-electron chi connectivity index (χ0n) is 10.0. The van der Waals surface area contributed by atoms with Gasteiger partial charge in [-0.1, -0.05) is 0 Å². The minimum atomic E-state index is 0.395. The van der Waals surface area contributed by atoms with E-state index in [-0.39, 0.29) is 0 Å². The fourth-order valence-corrected chi connectivity index (χ4v) is 2.05. The number of morpholine rings is 1. The molecule has 0 amide bonds. The average molecular weight is 317 g/mol. The van der Waals surface area contributed by atoms with Gasteiger partial charge in [0.2, 0.25) is 5.95 Å². The van der Waals surface area contributed by atoms with Crippen LogP contribution in [0.3, 0.4) is 0 Å². The molecule has 0 saturated carbocycles. The Bertz CT molecular complexity index is 385. The van der Waals surface area contributed by atoms with E-state index >= 15 is 0 Å². The molecule has 0 aromatic carbocycles. The monoisotopic (exact) mass is 316 g/mol. The lowest BCUT2D eigenvalue weighted by Gasteiger charge is -2.26. The molecule has 0 bridgehead atoms. The second-order valence-electron chi connectivity index (χ2n) is 3.92. The highest BCUT2D eigenvalue weighted by atomic mass is 79.9. The van der Waals surface area contributed by atoms with Crippen molar-refractivity contribution in [3.8, 4) is 0 Å². The van der Waals surface area contributed by atoms with Crippen LogP contribution in [0.25, 0.3) is 0 Å². The lowest BCUT2D eigenvalue weighted by Crippen LogP contribution is -2.39. The molecule has 1 aliphatic rings. The number of halogens is 1. The summed E-state index contributed by atoms with van der Waals surface area (Å²) in [6.45, 7) is 5.39. The van der Waals surface area contributed by atoms with E-state index in [1.807, 2.05) is 0 Å². The molecular formula is C10H17BrN6O. The molecular weight excluding hydrogens is 300 g/mol. The summed E-state index contributed by atoms with van der Waals surface area (Å²) in [5.41, 5.74) is 2.42. The van der Waals surface area contributed by atoms with Crippen LogP contribution in [0.5, 0.6) is 0 Å². The van der Waals surface area contributed by atoms with Crippen LogP contribution >= 0.6 is 15.9 Å². The van der Waals surface area contributed by atoms with Crippen molar-refractivity contribution in [3.63, 3.8) is 0 Å². The van der Waals surface area contributed by atoms with E-state index in [4.69, 9.17) is 10.6 Å². The van der Waals surface area contributed by atoms with Gasteiger partial charge in [0.1, 0.15) is 5.82 Å². The van der Waals surface area contributed by atoms with Crippen molar-refractivity contribution in [1.82, 2.24) is 14.9 Å². The van der Waals surface area contributed by atoms with Gasteiger partial charge in [0.25, 0.3) is 0 Å². The van der Waals surface area contributed by atoms with Gasteiger partial charge in [0, 0.05) is 32.4 Å². The molecule has 8 heteroatoms. The van der Waals surface area contributed by atoms with Gasteiger partial charge in [-0.2, -0.15) is 4.98 Å². The molecule has 1 aromatic rings. The molecule has 2 rings (SSSR count). The molecule has 18 heavy (non-hydrogen) atoms. The summed E-state index contributed by atoms with van der Waals surface area (Å²) in [6, 6.07) is 0. The smallest absolute Gasteiger partial charge is 0.239 e. The van der Waals surface area contributed by atoms with E-state index in [9.17, 15) is 0 Å². The predicted molar refractivity (Wildman–Crippen MR) is 73.3 cm³/mol. The van der Waals surface area contributed by atoms with Gasteiger partial charge in [-0.25, -0.2) is 10.8 Å². The van der Waals surface area contributed by atoms with Gasteiger partial charge < -0.3 is 10.1 Å². The SMILES string of the molecule is NNc1ncc(Br)c(NCCN2CCOCC2)n1. The van der Waals surface area contributed by atoms with Crippen molar-refractivity contribution in [3.05, 3.63) is 10.7 Å². The number of rotatable bonds is 5. The molecule has 0 aliphatic carbocycles. The van der Waals surface area contributed by atoms with E-state index in [0.717, 1.165) is 49.7 Å². The van der Waals surface area contributed by atoms with Crippen LogP contribution in [0.1, 0.15) is 0 Å². The molecule has 2 heterocycles. The summed E-state index contributed by atoms with van der Waals surface area (Å²) in [5.74, 6) is 6.41. The first-order chi connectivity index (χ1) is 8.79. The molecule has 1 aromatic heterocycles. The molecule has 1 fully saturated rings. The normalized spacial score (nSPS) is 16.6. The second kappa shape index (κ2) is 6.83. The number of hydrogen-bond acceptors (Lipinski definition) is 7. The summed E-state index contributed by atoms with van der Waals surface area (Å²) in [5, 5.41) is 3.26. The van der Waals surface area contributed by atoms with Gasteiger partial charge in [-0.05, 0) is 15.9 Å². The highest BCUT2D eigenvalue weighted by Crippen LogP contribution is 2.19. The van der Waals surface area contributed by atoms with Crippen LogP contribution in [0.4, 0.5) is 11.8 Å². The third kappa shape index (κ3) is 3.77. The summed E-state index contributed by atoms with van der Waals surface area (Å²) in [7, 11) is 0. The van der Waals surface area contributed by atoms with Crippen LogP contribution in [-0.2, 0) is 4.74 Å². The topological polar surface area (TPSA) is 88.3 Å². The van der Waals surface area contributed by atoms with E-state index in [0.29, 0.717) is 5.95 Å². The van der Waals surface area contributed by atoms with Crippen LogP contribution in [0.2, 0.25) is 0 Å². The third-order valence-electron chi connectivity index (χ3n) is 2.70. The Labute approximate surface area is 114 Å². The molecule has 1 saturated heterocycles. The molecule has 0 unspecified atom stereocenters. The van der Waals surface area contributed by atoms with E-state index in [1.165, 1.54) is 0 Å². The van der Waals surface area contributed by atoms with Crippen molar-refractivity contribution < 1.29 is 4.74 Å². The molecule has 0 spiro atoms. The highest BCUT2D eigenvalue weighted by Gasteiger charge is 2.10. The molecule has 1 aliphatic heterocycles. The zero-order chi connectivity index (χ0) is 12.8. The standard InChI is InChI=1S/C10H17BrN6O/c11-8-7-14-10(16-12)15-9(8)13-1-2-17-3-5-18-6-4-17/h7H,1-6,12H2,(H2,13,14,15,16). The minimum absolute atomic E-state index is 0.395. The number of hydrogen-bond donors (Lipinski definition) is 3. The van der Waals surface area contributed by atoms with Gasteiger partial charge >= 0.3 is 0 Å². The van der Waals surface area contributed by atoms with Crippen molar-refractivity contribution in [2.75, 3.05) is 50.1 Å². The molecule has 4 N–H and O–H groups in total. The number of ether oxygens (including phenoxy) is 1. The van der Waals surface area contributed by atoms with Crippen molar-refractivity contribution in [2.24, 2.45) is 5.84 Å². The Balaban J connectivity index is 1.81. The Kier molecular flexibility index (Phi) is 5.12. The minimum Gasteiger partial charge on any atom is -0.379 e. The predicted octanol–water partition coefficient (Wildman–Crippen LogP) is 0.269. The summed E-state index contributed by atoms with van der Waals surface area (Å²) in [6.07, 6.45) is 1.67. The Morgan fingerprint density at radius 3 is 2.94 bits per heavy atom. The number of nitrogens with one attached hydrogen (secondary N) is 2. The van der Waals surface area contributed by atoms with Crippen LogP contribution in [-0.4, -0.2) is 54.3 Å². The van der Waals surface area contributed by atoms with Crippen LogP contribution in [0, 0.1) is 0 Å². The summed E-state index contributed by atoms with van der Waals surface area (Å²) in [4.78, 5) is 10.6. The average Bonchev–Trinajstić information content (AvgIpc) is 2.42. The van der Waals surface area contributed by atoms with E-state index in [1.54, 1.807) is 6.20 Å².